The van der Waals surface area contributed by atoms with E-state index in [1.165, 1.54) is 19.4 Å². The molecule has 0 unspecified atom stereocenters. The number of hydrogen-bond acceptors (Lipinski definition) is 6. The van der Waals surface area contributed by atoms with Crippen molar-refractivity contribution in [3.63, 3.8) is 0 Å². The van der Waals surface area contributed by atoms with Crippen molar-refractivity contribution >= 4 is 16.9 Å². The number of methoxy groups -OCH3 is 1. The van der Waals surface area contributed by atoms with Gasteiger partial charge in [0, 0.05) is 12.2 Å². The van der Waals surface area contributed by atoms with E-state index >= 15 is 4.39 Å². The Morgan fingerprint density at radius 3 is 2.74 bits per heavy atom. The highest BCUT2D eigenvalue weighted by Gasteiger charge is 2.31. The van der Waals surface area contributed by atoms with E-state index in [1.807, 2.05) is 6.07 Å². The van der Waals surface area contributed by atoms with E-state index < -0.39 is 22.8 Å². The zero-order chi connectivity index (χ0) is 21.9. The Morgan fingerprint density at radius 2 is 2.10 bits per heavy atom. The van der Waals surface area contributed by atoms with Crippen LogP contribution < -0.4 is 19.6 Å². The minimum Gasteiger partial charge on any atom is -0.494 e. The Labute approximate surface area is 174 Å². The molecule has 1 N–H and O–H groups in total. The van der Waals surface area contributed by atoms with Gasteiger partial charge < -0.3 is 23.9 Å². The van der Waals surface area contributed by atoms with Crippen LogP contribution in [0.4, 0.5) is 4.39 Å². The van der Waals surface area contributed by atoms with Crippen LogP contribution in [0.5, 0.6) is 17.2 Å². The van der Waals surface area contributed by atoms with Gasteiger partial charge in [0.1, 0.15) is 17.4 Å². The van der Waals surface area contributed by atoms with E-state index in [2.05, 4.69) is 0 Å². The second-order valence-corrected chi connectivity index (χ2v) is 7.35. The molecular weight excluding hydrogens is 407 g/mol. The number of ether oxygens (including phenoxy) is 3. The normalized spacial score (nSPS) is 14.5. The highest BCUT2D eigenvalue weighted by molar-refractivity contribution is 5.98. The maximum atomic E-state index is 15.4. The number of benzene rings is 2. The lowest BCUT2D eigenvalue weighted by molar-refractivity contribution is 0.0694. The van der Waals surface area contributed by atoms with Crippen molar-refractivity contribution in [2.75, 3.05) is 13.9 Å². The molecule has 9 heteroatoms. The van der Waals surface area contributed by atoms with Crippen molar-refractivity contribution in [2.24, 2.45) is 0 Å². The fraction of sp³-hybridized carbons (Fsp3) is 0.227. The zero-order valence-electron chi connectivity index (χ0n) is 16.3. The van der Waals surface area contributed by atoms with Crippen LogP contribution in [0.3, 0.4) is 0 Å². The third kappa shape index (κ3) is 2.79. The molecule has 1 fully saturated rings. The topological polar surface area (TPSA) is 111 Å². The second-order valence-electron chi connectivity index (χ2n) is 7.35. The molecule has 0 bridgehead atoms. The molecule has 3 aromatic rings. The fourth-order valence-electron chi connectivity index (χ4n) is 3.95. The molecule has 8 nitrogen and oxygen atoms in total. The molecule has 5 rings (SSSR count). The lowest BCUT2D eigenvalue weighted by Crippen LogP contribution is -2.19. The average molecular weight is 422 g/mol. The first-order valence-corrected chi connectivity index (χ1v) is 9.47. The van der Waals surface area contributed by atoms with Crippen molar-refractivity contribution in [3.05, 3.63) is 51.6 Å². The number of carbonyl (C=O) groups is 1. The SMILES string of the molecule is COc1c(-c2cc(C#N)c3c(c2)OCO3)c(F)cc2c(=O)c(C(=O)O)cn(C3CC3)c12. The standard InChI is InChI=1S/C22H15FN2O6/c1-29-21-17(10-4-11(7-24)20-16(5-10)30-9-31-20)15(23)6-13-18(21)25(12-2-3-12)8-14(19(13)26)22(27)28/h4-6,8,12H,2-3,9H2,1H3,(H,27,28). The van der Waals surface area contributed by atoms with E-state index in [9.17, 15) is 20.0 Å². The van der Waals surface area contributed by atoms with Gasteiger partial charge in [-0.1, -0.05) is 0 Å². The minimum absolute atomic E-state index is 0.0140. The van der Waals surface area contributed by atoms with Gasteiger partial charge in [0.15, 0.2) is 17.2 Å². The lowest BCUT2D eigenvalue weighted by Gasteiger charge is -2.18. The number of hydrogen-bond donors (Lipinski definition) is 1. The van der Waals surface area contributed by atoms with E-state index in [-0.39, 0.29) is 40.8 Å². The quantitative estimate of drug-likeness (QED) is 0.686. The third-order valence-electron chi connectivity index (χ3n) is 5.48. The first-order chi connectivity index (χ1) is 14.9. The number of nitrogens with zero attached hydrogens (tertiary/aromatic N) is 2. The summed E-state index contributed by atoms with van der Waals surface area (Å²) in [5, 5.41) is 18.8. The first kappa shape index (κ1) is 18.9. The van der Waals surface area contributed by atoms with E-state index in [4.69, 9.17) is 14.2 Å². The number of aromatic carboxylic acids is 1. The highest BCUT2D eigenvalue weighted by Crippen LogP contribution is 2.46. The number of carboxylic acids is 1. The van der Waals surface area contributed by atoms with Crippen molar-refractivity contribution in [1.82, 2.24) is 4.57 Å². The van der Waals surface area contributed by atoms with Gasteiger partial charge in [-0.15, -0.1) is 0 Å². The van der Waals surface area contributed by atoms with Gasteiger partial charge in [0.25, 0.3) is 0 Å². The van der Waals surface area contributed by atoms with Gasteiger partial charge in [-0.2, -0.15) is 5.26 Å². The molecule has 1 aliphatic heterocycles. The largest absolute Gasteiger partial charge is 0.494 e. The van der Waals surface area contributed by atoms with E-state index in [0.29, 0.717) is 16.8 Å². The van der Waals surface area contributed by atoms with Crippen molar-refractivity contribution in [3.8, 4) is 34.4 Å². The molecule has 1 aliphatic carbocycles. The molecule has 1 saturated carbocycles. The number of fused-ring (bicyclic) bond motifs is 2. The maximum Gasteiger partial charge on any atom is 0.341 e. The Balaban J connectivity index is 1.88. The van der Waals surface area contributed by atoms with Gasteiger partial charge >= 0.3 is 5.97 Å². The summed E-state index contributed by atoms with van der Waals surface area (Å²) in [4.78, 5) is 24.4. The summed E-state index contributed by atoms with van der Waals surface area (Å²) in [6.45, 7) is -0.0516. The van der Waals surface area contributed by atoms with Gasteiger partial charge in [0.2, 0.25) is 12.2 Å². The number of carboxylic acid groups (broad SMARTS) is 1. The van der Waals surface area contributed by atoms with Crippen LogP contribution in [0.25, 0.3) is 22.0 Å². The summed E-state index contributed by atoms with van der Waals surface area (Å²) >= 11 is 0. The zero-order valence-corrected chi connectivity index (χ0v) is 16.3. The molecule has 0 saturated heterocycles. The van der Waals surface area contributed by atoms with E-state index in [1.54, 1.807) is 10.6 Å². The van der Waals surface area contributed by atoms with Crippen molar-refractivity contribution < 1.29 is 28.5 Å². The van der Waals surface area contributed by atoms with Gasteiger partial charge in [0.05, 0.1) is 29.1 Å². The monoisotopic (exact) mass is 422 g/mol. The van der Waals surface area contributed by atoms with Gasteiger partial charge in [-0.3, -0.25) is 4.79 Å². The third-order valence-corrected chi connectivity index (χ3v) is 5.48. The molecular formula is C22H15FN2O6. The van der Waals surface area contributed by atoms with Crippen molar-refractivity contribution in [2.45, 2.75) is 18.9 Å². The smallest absolute Gasteiger partial charge is 0.341 e. The fourth-order valence-corrected chi connectivity index (χ4v) is 3.95. The minimum atomic E-state index is -1.38. The summed E-state index contributed by atoms with van der Waals surface area (Å²) < 4.78 is 33.3. The van der Waals surface area contributed by atoms with Crippen LogP contribution in [0.2, 0.25) is 0 Å². The Kier molecular flexibility index (Phi) is 4.12. The molecule has 31 heavy (non-hydrogen) atoms. The number of rotatable bonds is 4. The van der Waals surface area contributed by atoms with Gasteiger partial charge in [-0.25, -0.2) is 9.18 Å². The second kappa shape index (κ2) is 6.74. The van der Waals surface area contributed by atoms with Crippen LogP contribution in [-0.2, 0) is 0 Å². The van der Waals surface area contributed by atoms with Crippen molar-refractivity contribution in [1.29, 1.82) is 5.26 Å². The molecule has 2 aromatic carbocycles. The Morgan fingerprint density at radius 1 is 1.32 bits per heavy atom. The average Bonchev–Trinajstić information content (AvgIpc) is 3.49. The Hall–Kier alpha value is -4.06. The molecule has 0 amide bonds. The molecule has 1 aromatic heterocycles. The maximum absolute atomic E-state index is 15.4. The molecule has 2 aliphatic rings. The number of nitriles is 1. The molecule has 0 atom stereocenters. The highest BCUT2D eigenvalue weighted by atomic mass is 19.1. The van der Waals surface area contributed by atoms with Crippen LogP contribution in [-0.4, -0.2) is 29.5 Å². The Bertz CT molecular complexity index is 1380. The summed E-state index contributed by atoms with van der Waals surface area (Å²) in [6, 6.07) is 6.03. The summed E-state index contributed by atoms with van der Waals surface area (Å²) in [6.07, 6.45) is 2.89. The molecule has 2 heterocycles. The summed E-state index contributed by atoms with van der Waals surface area (Å²) in [5.74, 6) is -1.49. The molecule has 156 valence electrons. The summed E-state index contributed by atoms with van der Waals surface area (Å²) in [5.41, 5.74) is -0.370. The number of halogens is 1. The molecule has 0 radical (unpaired) electrons. The van der Waals surface area contributed by atoms with Crippen LogP contribution in [0.15, 0.2) is 29.2 Å². The van der Waals surface area contributed by atoms with Gasteiger partial charge in [-0.05, 0) is 36.6 Å². The van der Waals surface area contributed by atoms with Crippen LogP contribution in [0.1, 0.15) is 34.8 Å². The predicted octanol–water partition coefficient (Wildman–Crippen LogP) is 3.45. The first-order valence-electron chi connectivity index (χ1n) is 9.47. The molecule has 0 spiro atoms. The summed E-state index contributed by atoms with van der Waals surface area (Å²) in [7, 11) is 1.35. The lowest BCUT2D eigenvalue weighted by atomic mass is 9.97. The number of aromatic nitrogens is 1. The van der Waals surface area contributed by atoms with Crippen LogP contribution >= 0.6 is 0 Å². The number of pyridine rings is 1. The van der Waals surface area contributed by atoms with Crippen LogP contribution in [0, 0.1) is 17.1 Å². The predicted molar refractivity (Wildman–Crippen MR) is 106 cm³/mol. The van der Waals surface area contributed by atoms with E-state index in [0.717, 1.165) is 18.9 Å².